The zero-order valence-electron chi connectivity index (χ0n) is 14.9. The van der Waals surface area contributed by atoms with Gasteiger partial charge in [-0.05, 0) is 18.2 Å². The van der Waals surface area contributed by atoms with E-state index in [2.05, 4.69) is 9.97 Å². The Balaban J connectivity index is 1.34. The van der Waals surface area contributed by atoms with Crippen LogP contribution >= 0.6 is 11.8 Å². The van der Waals surface area contributed by atoms with Crippen LogP contribution < -0.4 is 9.47 Å². The first-order chi connectivity index (χ1) is 13.2. The number of thioether (sulfide) groups is 1. The second-order valence-corrected chi connectivity index (χ2v) is 7.22. The number of carbonyl (C=O) groups is 1. The Morgan fingerprint density at radius 3 is 2.81 bits per heavy atom. The Morgan fingerprint density at radius 1 is 1.15 bits per heavy atom. The highest BCUT2D eigenvalue weighted by Gasteiger charge is 2.23. The number of nitrogens with zero attached hydrogens (tertiary/aromatic N) is 3. The first-order valence-corrected chi connectivity index (χ1v) is 9.64. The molecule has 2 heterocycles. The quantitative estimate of drug-likeness (QED) is 0.500. The molecule has 0 bridgehead atoms. The summed E-state index contributed by atoms with van der Waals surface area (Å²) in [5, 5.41) is 1.77. The van der Waals surface area contributed by atoms with Gasteiger partial charge in [0.15, 0.2) is 17.6 Å². The van der Waals surface area contributed by atoms with E-state index in [1.807, 2.05) is 48.5 Å². The minimum atomic E-state index is -0.182. The lowest BCUT2D eigenvalue weighted by Crippen LogP contribution is -2.42. The number of carbonyl (C=O) groups excluding carboxylic acids is 1. The fraction of sp³-hybridized carbons (Fsp3) is 0.250. The molecule has 3 aromatic rings. The van der Waals surface area contributed by atoms with Gasteiger partial charge in [0.1, 0.15) is 18.0 Å². The van der Waals surface area contributed by atoms with Gasteiger partial charge in [0.05, 0.1) is 17.8 Å². The van der Waals surface area contributed by atoms with Crippen molar-refractivity contribution in [3.05, 3.63) is 54.9 Å². The predicted molar refractivity (Wildman–Crippen MR) is 104 cm³/mol. The first-order valence-electron chi connectivity index (χ1n) is 8.65. The maximum atomic E-state index is 12.5. The van der Waals surface area contributed by atoms with Crippen molar-refractivity contribution < 1.29 is 14.3 Å². The molecule has 27 heavy (non-hydrogen) atoms. The number of rotatable bonds is 5. The number of amides is 1. The summed E-state index contributed by atoms with van der Waals surface area (Å²) in [6.07, 6.45) is 1.35. The van der Waals surface area contributed by atoms with E-state index in [1.54, 1.807) is 11.9 Å². The monoisotopic (exact) mass is 381 g/mol. The van der Waals surface area contributed by atoms with Crippen LogP contribution in [0.2, 0.25) is 0 Å². The van der Waals surface area contributed by atoms with Crippen LogP contribution in [0.25, 0.3) is 10.9 Å². The Labute approximate surface area is 161 Å². The van der Waals surface area contributed by atoms with Gasteiger partial charge in [0.25, 0.3) is 0 Å². The molecular weight excluding hydrogens is 362 g/mol. The number of para-hydroxylation sites is 3. The second kappa shape index (κ2) is 7.84. The smallest absolute Gasteiger partial charge is 0.232 e. The van der Waals surface area contributed by atoms with E-state index in [4.69, 9.17) is 9.47 Å². The number of likely N-dealkylation sites (N-methyl/N-ethyl adjacent to an activating group) is 1. The maximum absolute atomic E-state index is 12.5. The third-order valence-electron chi connectivity index (χ3n) is 4.31. The van der Waals surface area contributed by atoms with Crippen LogP contribution in [-0.4, -0.2) is 52.8 Å². The summed E-state index contributed by atoms with van der Waals surface area (Å²) in [6.45, 7) is 0.899. The summed E-state index contributed by atoms with van der Waals surface area (Å²) >= 11 is 1.42. The third kappa shape index (κ3) is 3.98. The van der Waals surface area contributed by atoms with E-state index < -0.39 is 0 Å². The van der Waals surface area contributed by atoms with Crippen molar-refractivity contribution in [2.75, 3.05) is 26.0 Å². The molecule has 0 radical (unpaired) electrons. The normalized spacial score (nSPS) is 15.5. The van der Waals surface area contributed by atoms with Crippen LogP contribution in [0.1, 0.15) is 0 Å². The molecule has 1 aromatic heterocycles. The van der Waals surface area contributed by atoms with Crippen LogP contribution in [0.4, 0.5) is 0 Å². The lowest BCUT2D eigenvalue weighted by molar-refractivity contribution is -0.128. The fourth-order valence-electron chi connectivity index (χ4n) is 2.90. The van der Waals surface area contributed by atoms with E-state index in [0.717, 1.165) is 27.4 Å². The zero-order valence-corrected chi connectivity index (χ0v) is 15.7. The van der Waals surface area contributed by atoms with Gasteiger partial charge in [-0.15, -0.1) is 0 Å². The van der Waals surface area contributed by atoms with Gasteiger partial charge in [0, 0.05) is 12.4 Å². The highest BCUT2D eigenvalue weighted by Crippen LogP contribution is 2.31. The van der Waals surface area contributed by atoms with Gasteiger partial charge in [-0.1, -0.05) is 42.1 Å². The molecule has 4 rings (SSSR count). The lowest BCUT2D eigenvalue weighted by Gasteiger charge is -2.29. The number of hydrogen-bond donors (Lipinski definition) is 0. The molecule has 0 N–H and O–H groups in total. The van der Waals surface area contributed by atoms with E-state index in [0.29, 0.717) is 18.9 Å². The van der Waals surface area contributed by atoms with Crippen molar-refractivity contribution in [2.24, 2.45) is 0 Å². The van der Waals surface area contributed by atoms with Crippen molar-refractivity contribution in [1.29, 1.82) is 0 Å². The summed E-state index contributed by atoms with van der Waals surface area (Å²) in [5.41, 5.74) is 0.877. The van der Waals surface area contributed by atoms with E-state index in [-0.39, 0.29) is 12.0 Å². The van der Waals surface area contributed by atoms with Gasteiger partial charge in [-0.25, -0.2) is 9.97 Å². The van der Waals surface area contributed by atoms with Crippen LogP contribution in [0.5, 0.6) is 11.5 Å². The SMILES string of the molecule is CN(C[C@H]1COc2ccccc2O1)C(=O)CSc1ncnc2ccccc12. The molecule has 0 saturated carbocycles. The highest BCUT2D eigenvalue weighted by atomic mass is 32.2. The topological polar surface area (TPSA) is 64.6 Å². The molecule has 7 heteroatoms. The standard InChI is InChI=1S/C20H19N3O3S/c1-23(10-14-11-25-17-8-4-5-9-18(17)26-14)19(24)12-27-20-15-6-2-3-7-16(15)21-13-22-20/h2-9,13-14H,10-12H2,1H3/t14-/m0/s1. The molecule has 1 amide bonds. The Morgan fingerprint density at radius 2 is 1.93 bits per heavy atom. The van der Waals surface area contributed by atoms with Crippen molar-refractivity contribution in [3.63, 3.8) is 0 Å². The molecule has 138 valence electrons. The number of aromatic nitrogens is 2. The predicted octanol–water partition coefficient (Wildman–Crippen LogP) is 3.02. The van der Waals surface area contributed by atoms with Gasteiger partial charge in [-0.3, -0.25) is 4.79 Å². The molecule has 0 saturated heterocycles. The van der Waals surface area contributed by atoms with Gasteiger partial charge in [0.2, 0.25) is 5.91 Å². The summed E-state index contributed by atoms with van der Waals surface area (Å²) in [5.74, 6) is 1.79. The van der Waals surface area contributed by atoms with Crippen LogP contribution in [0.15, 0.2) is 59.9 Å². The molecule has 1 aliphatic rings. The van der Waals surface area contributed by atoms with Crippen LogP contribution in [-0.2, 0) is 4.79 Å². The first kappa shape index (κ1) is 17.6. The molecule has 0 spiro atoms. The summed E-state index contributed by atoms with van der Waals surface area (Å²) in [6, 6.07) is 15.4. The number of hydrogen-bond acceptors (Lipinski definition) is 6. The molecule has 1 atom stereocenters. The number of fused-ring (bicyclic) bond motifs is 2. The zero-order chi connectivity index (χ0) is 18.6. The molecule has 0 aliphatic carbocycles. The minimum absolute atomic E-state index is 0.0187. The van der Waals surface area contributed by atoms with Crippen molar-refractivity contribution >= 4 is 28.6 Å². The van der Waals surface area contributed by atoms with Crippen LogP contribution in [0.3, 0.4) is 0 Å². The molecule has 6 nitrogen and oxygen atoms in total. The molecular formula is C20H19N3O3S. The lowest BCUT2D eigenvalue weighted by atomic mass is 10.2. The summed E-state index contributed by atoms with van der Waals surface area (Å²) < 4.78 is 11.6. The fourth-order valence-corrected chi connectivity index (χ4v) is 3.83. The van der Waals surface area contributed by atoms with Crippen LogP contribution in [0, 0.1) is 0 Å². The number of benzene rings is 2. The Hall–Kier alpha value is -2.80. The molecule has 0 fully saturated rings. The second-order valence-electron chi connectivity index (χ2n) is 6.26. The van der Waals surface area contributed by atoms with Gasteiger partial charge in [-0.2, -0.15) is 0 Å². The van der Waals surface area contributed by atoms with E-state index >= 15 is 0 Å². The molecule has 2 aromatic carbocycles. The Kier molecular flexibility index (Phi) is 5.11. The van der Waals surface area contributed by atoms with Crippen molar-refractivity contribution in [1.82, 2.24) is 14.9 Å². The average molecular weight is 381 g/mol. The van der Waals surface area contributed by atoms with Crippen molar-refractivity contribution in [3.8, 4) is 11.5 Å². The third-order valence-corrected chi connectivity index (χ3v) is 5.30. The average Bonchev–Trinajstić information content (AvgIpc) is 2.71. The largest absolute Gasteiger partial charge is 0.486 e. The summed E-state index contributed by atoms with van der Waals surface area (Å²) in [7, 11) is 1.78. The van der Waals surface area contributed by atoms with E-state index in [1.165, 1.54) is 18.1 Å². The molecule has 1 aliphatic heterocycles. The summed E-state index contributed by atoms with van der Waals surface area (Å²) in [4.78, 5) is 22.8. The maximum Gasteiger partial charge on any atom is 0.232 e. The minimum Gasteiger partial charge on any atom is -0.486 e. The van der Waals surface area contributed by atoms with Gasteiger partial charge >= 0.3 is 0 Å². The van der Waals surface area contributed by atoms with Gasteiger partial charge < -0.3 is 14.4 Å². The Bertz CT molecular complexity index is 961. The highest BCUT2D eigenvalue weighted by molar-refractivity contribution is 8.00. The number of ether oxygens (including phenoxy) is 2. The van der Waals surface area contributed by atoms with Crippen molar-refractivity contribution in [2.45, 2.75) is 11.1 Å². The molecule has 0 unspecified atom stereocenters. The van der Waals surface area contributed by atoms with E-state index in [9.17, 15) is 4.79 Å².